The maximum absolute atomic E-state index is 12.9. The van der Waals surface area contributed by atoms with Crippen LogP contribution in [0, 0.1) is 13.8 Å². The largest absolute Gasteiger partial charge is 0.495 e. The SMILES string of the molecule is COc1cc(C)c(C)cc1S(=O)(=O)Nc1nc(-c2ccc3c(c2)NC(=O)CO3)cs1. The fourth-order valence-corrected chi connectivity index (χ4v) is 5.21. The fourth-order valence-electron chi connectivity index (χ4n) is 3.00. The van der Waals surface area contributed by atoms with Crippen LogP contribution < -0.4 is 19.5 Å². The van der Waals surface area contributed by atoms with E-state index in [-0.39, 0.29) is 28.3 Å². The third-order valence-corrected chi connectivity index (χ3v) is 6.95. The number of fused-ring (bicyclic) bond motifs is 1. The Hall–Kier alpha value is -3.11. The number of thiazole rings is 1. The summed E-state index contributed by atoms with van der Waals surface area (Å²) < 4.78 is 39.0. The van der Waals surface area contributed by atoms with Crippen molar-refractivity contribution in [2.75, 3.05) is 23.8 Å². The number of aryl methyl sites for hydroxylation is 2. The highest BCUT2D eigenvalue weighted by Gasteiger charge is 2.23. The molecule has 1 aliphatic rings. The van der Waals surface area contributed by atoms with E-state index in [4.69, 9.17) is 9.47 Å². The lowest BCUT2D eigenvalue weighted by atomic mass is 10.1. The molecule has 1 amide bonds. The average molecular weight is 446 g/mol. The van der Waals surface area contributed by atoms with Crippen molar-refractivity contribution < 1.29 is 22.7 Å². The van der Waals surface area contributed by atoms with E-state index in [9.17, 15) is 13.2 Å². The molecule has 0 saturated carbocycles. The normalized spacial score (nSPS) is 13.2. The number of nitrogens with zero attached hydrogens (tertiary/aromatic N) is 1. The summed E-state index contributed by atoms with van der Waals surface area (Å²) in [6, 6.07) is 8.56. The smallest absolute Gasteiger partial charge is 0.267 e. The minimum atomic E-state index is -3.89. The Balaban J connectivity index is 1.62. The van der Waals surface area contributed by atoms with Gasteiger partial charge >= 0.3 is 0 Å². The molecule has 0 bridgehead atoms. The molecule has 3 aromatic rings. The molecule has 0 radical (unpaired) electrons. The van der Waals surface area contributed by atoms with E-state index in [0.717, 1.165) is 28.0 Å². The molecule has 4 rings (SSSR count). The topological polar surface area (TPSA) is 107 Å². The lowest BCUT2D eigenvalue weighted by molar-refractivity contribution is -0.118. The summed E-state index contributed by atoms with van der Waals surface area (Å²) in [4.78, 5) is 16.0. The van der Waals surface area contributed by atoms with E-state index in [1.165, 1.54) is 7.11 Å². The molecule has 30 heavy (non-hydrogen) atoms. The average Bonchev–Trinajstić information content (AvgIpc) is 3.16. The van der Waals surface area contributed by atoms with Gasteiger partial charge in [0.1, 0.15) is 16.4 Å². The monoisotopic (exact) mass is 445 g/mol. The van der Waals surface area contributed by atoms with Crippen molar-refractivity contribution in [2.24, 2.45) is 0 Å². The zero-order chi connectivity index (χ0) is 21.5. The zero-order valence-corrected chi connectivity index (χ0v) is 18.1. The molecule has 10 heteroatoms. The Morgan fingerprint density at radius 2 is 1.97 bits per heavy atom. The van der Waals surface area contributed by atoms with Crippen LogP contribution in [-0.4, -0.2) is 33.0 Å². The van der Waals surface area contributed by atoms with E-state index < -0.39 is 10.0 Å². The minimum absolute atomic E-state index is 0.0169. The predicted molar refractivity (Wildman–Crippen MR) is 115 cm³/mol. The molecule has 0 atom stereocenters. The van der Waals surface area contributed by atoms with Gasteiger partial charge in [-0.15, -0.1) is 11.3 Å². The number of rotatable bonds is 5. The highest BCUT2D eigenvalue weighted by atomic mass is 32.2. The van der Waals surface area contributed by atoms with E-state index in [2.05, 4.69) is 15.0 Å². The Kier molecular flexibility index (Phi) is 5.12. The number of methoxy groups -OCH3 is 1. The van der Waals surface area contributed by atoms with Crippen LogP contribution >= 0.6 is 11.3 Å². The number of benzene rings is 2. The van der Waals surface area contributed by atoms with Crippen LogP contribution in [0.5, 0.6) is 11.5 Å². The Morgan fingerprint density at radius 3 is 2.73 bits per heavy atom. The summed E-state index contributed by atoms with van der Waals surface area (Å²) in [5.41, 5.74) is 3.64. The molecular formula is C20H19N3O5S2. The Bertz CT molecular complexity index is 1250. The second-order valence-electron chi connectivity index (χ2n) is 6.78. The molecule has 0 spiro atoms. The maximum Gasteiger partial charge on any atom is 0.267 e. The van der Waals surface area contributed by atoms with Gasteiger partial charge in [-0.1, -0.05) is 0 Å². The van der Waals surface area contributed by atoms with Gasteiger partial charge in [-0.3, -0.25) is 9.52 Å². The highest BCUT2D eigenvalue weighted by molar-refractivity contribution is 7.93. The van der Waals surface area contributed by atoms with Gasteiger partial charge in [0.05, 0.1) is 18.5 Å². The summed E-state index contributed by atoms with van der Waals surface area (Å²) in [6.07, 6.45) is 0. The maximum atomic E-state index is 12.9. The number of anilines is 2. The first-order chi connectivity index (χ1) is 14.3. The molecule has 2 N–H and O–H groups in total. The standard InChI is InChI=1S/C20H19N3O5S2/c1-11-6-17(27-3)18(7-12(11)2)30(25,26)23-20-22-15(10-29-20)13-4-5-16-14(8-13)21-19(24)9-28-16/h4-8,10H,9H2,1-3H3,(H,21,24)(H,22,23). The Morgan fingerprint density at radius 1 is 1.20 bits per heavy atom. The summed E-state index contributed by atoms with van der Waals surface area (Å²) in [5, 5.41) is 4.71. The van der Waals surface area contributed by atoms with Gasteiger partial charge in [0, 0.05) is 10.9 Å². The van der Waals surface area contributed by atoms with Gasteiger partial charge in [-0.2, -0.15) is 0 Å². The van der Waals surface area contributed by atoms with Crippen LogP contribution in [0.4, 0.5) is 10.8 Å². The molecule has 2 aromatic carbocycles. The van der Waals surface area contributed by atoms with Gasteiger partial charge < -0.3 is 14.8 Å². The van der Waals surface area contributed by atoms with Crippen LogP contribution in [0.1, 0.15) is 11.1 Å². The molecular weight excluding hydrogens is 426 g/mol. The van der Waals surface area contributed by atoms with Gasteiger partial charge in [0.25, 0.3) is 15.9 Å². The van der Waals surface area contributed by atoms with Crippen molar-refractivity contribution in [3.8, 4) is 22.8 Å². The van der Waals surface area contributed by atoms with Crippen LogP contribution in [0.15, 0.2) is 40.6 Å². The first-order valence-corrected chi connectivity index (χ1v) is 11.3. The van der Waals surface area contributed by atoms with Gasteiger partial charge in [0.2, 0.25) is 0 Å². The molecule has 8 nitrogen and oxygen atoms in total. The van der Waals surface area contributed by atoms with Crippen molar-refractivity contribution in [3.05, 3.63) is 46.8 Å². The number of carbonyl (C=O) groups excluding carboxylic acids is 1. The van der Waals surface area contributed by atoms with Gasteiger partial charge in [0.15, 0.2) is 11.7 Å². The summed E-state index contributed by atoms with van der Waals surface area (Å²) in [5.74, 6) is 0.623. The number of nitrogens with one attached hydrogen (secondary N) is 2. The Labute approximate surface area is 177 Å². The van der Waals surface area contributed by atoms with Crippen molar-refractivity contribution in [1.29, 1.82) is 0 Å². The lowest BCUT2D eigenvalue weighted by Gasteiger charge is -2.18. The summed E-state index contributed by atoms with van der Waals surface area (Å²) in [6.45, 7) is 3.71. The number of amides is 1. The van der Waals surface area contributed by atoms with E-state index >= 15 is 0 Å². The van der Waals surface area contributed by atoms with Crippen molar-refractivity contribution >= 4 is 38.1 Å². The first kappa shape index (κ1) is 20.2. The number of hydrogen-bond acceptors (Lipinski definition) is 7. The molecule has 0 unspecified atom stereocenters. The summed E-state index contributed by atoms with van der Waals surface area (Å²) in [7, 11) is -2.46. The third kappa shape index (κ3) is 3.83. The zero-order valence-electron chi connectivity index (χ0n) is 16.5. The fraction of sp³-hybridized carbons (Fsp3) is 0.200. The molecule has 1 aliphatic heterocycles. The molecule has 1 aromatic heterocycles. The molecule has 156 valence electrons. The molecule has 2 heterocycles. The number of carbonyl (C=O) groups is 1. The molecule has 0 aliphatic carbocycles. The number of ether oxygens (including phenoxy) is 2. The van der Waals surface area contributed by atoms with Crippen molar-refractivity contribution in [3.63, 3.8) is 0 Å². The number of hydrogen-bond donors (Lipinski definition) is 2. The molecule has 0 saturated heterocycles. The van der Waals surface area contributed by atoms with Gasteiger partial charge in [-0.05, 0) is 55.3 Å². The minimum Gasteiger partial charge on any atom is -0.495 e. The van der Waals surface area contributed by atoms with Crippen molar-refractivity contribution in [2.45, 2.75) is 18.7 Å². The third-order valence-electron chi connectivity index (χ3n) is 4.70. The van der Waals surface area contributed by atoms with E-state index in [0.29, 0.717) is 17.1 Å². The second-order valence-corrected chi connectivity index (χ2v) is 9.29. The number of aromatic nitrogens is 1. The first-order valence-electron chi connectivity index (χ1n) is 8.97. The molecule has 0 fully saturated rings. The van der Waals surface area contributed by atoms with Crippen LogP contribution in [0.3, 0.4) is 0 Å². The quantitative estimate of drug-likeness (QED) is 0.622. The van der Waals surface area contributed by atoms with Crippen LogP contribution in [0.25, 0.3) is 11.3 Å². The lowest BCUT2D eigenvalue weighted by Crippen LogP contribution is -2.25. The van der Waals surface area contributed by atoms with Crippen LogP contribution in [-0.2, 0) is 14.8 Å². The predicted octanol–water partition coefficient (Wildman–Crippen LogP) is 3.57. The summed E-state index contributed by atoms with van der Waals surface area (Å²) >= 11 is 1.16. The highest BCUT2D eigenvalue weighted by Crippen LogP contribution is 2.35. The van der Waals surface area contributed by atoms with Crippen molar-refractivity contribution in [1.82, 2.24) is 4.98 Å². The van der Waals surface area contributed by atoms with E-state index in [1.54, 1.807) is 35.7 Å². The van der Waals surface area contributed by atoms with E-state index in [1.807, 2.05) is 13.8 Å². The van der Waals surface area contributed by atoms with Crippen LogP contribution in [0.2, 0.25) is 0 Å². The number of sulfonamides is 1. The second kappa shape index (κ2) is 7.62. The van der Waals surface area contributed by atoms with Gasteiger partial charge in [-0.25, -0.2) is 13.4 Å².